The first-order chi connectivity index (χ1) is 13.5. The van der Waals surface area contributed by atoms with Crippen LogP contribution in [0.25, 0.3) is 0 Å². The number of likely N-dealkylation sites (tertiary alicyclic amines) is 1. The minimum atomic E-state index is -0.0237. The summed E-state index contributed by atoms with van der Waals surface area (Å²) in [5.74, 6) is 0.566. The summed E-state index contributed by atoms with van der Waals surface area (Å²) in [7, 11) is 4.40. The van der Waals surface area contributed by atoms with E-state index in [1.165, 1.54) is 37.7 Å². The van der Waals surface area contributed by atoms with E-state index in [0.717, 1.165) is 26.1 Å². The zero-order valence-corrected chi connectivity index (χ0v) is 17.9. The van der Waals surface area contributed by atoms with Gasteiger partial charge in [-0.05, 0) is 64.3 Å². The molecule has 2 fully saturated rings. The summed E-state index contributed by atoms with van der Waals surface area (Å²) in [6.45, 7) is 5.40. The van der Waals surface area contributed by atoms with Crippen LogP contribution in [0.2, 0.25) is 0 Å². The molecule has 1 aliphatic carbocycles. The van der Waals surface area contributed by atoms with Gasteiger partial charge in [0.15, 0.2) is 0 Å². The quantitative estimate of drug-likeness (QED) is 0.785. The van der Waals surface area contributed by atoms with Gasteiger partial charge in [0, 0.05) is 18.6 Å². The Bertz CT molecular complexity index is 600. The molecular weight excluding hydrogens is 348 g/mol. The highest BCUT2D eigenvalue weighted by Gasteiger charge is 2.26. The molecule has 1 aromatic rings. The maximum absolute atomic E-state index is 12.8. The zero-order chi connectivity index (χ0) is 19.9. The van der Waals surface area contributed by atoms with Crippen LogP contribution in [0, 0.1) is 5.92 Å². The lowest BCUT2D eigenvalue weighted by molar-refractivity contribution is 0.134. The average molecular weight is 387 g/mol. The molecule has 156 valence electrons. The van der Waals surface area contributed by atoms with Gasteiger partial charge in [0.2, 0.25) is 0 Å². The van der Waals surface area contributed by atoms with Gasteiger partial charge in [-0.25, -0.2) is 4.79 Å². The van der Waals surface area contributed by atoms with Crippen LogP contribution in [0.15, 0.2) is 30.3 Å². The Kier molecular flexibility index (Phi) is 7.74. The Morgan fingerprint density at radius 2 is 1.82 bits per heavy atom. The molecule has 2 N–H and O–H groups in total. The minimum absolute atomic E-state index is 0.00440. The summed E-state index contributed by atoms with van der Waals surface area (Å²) in [6, 6.07) is 11.3. The van der Waals surface area contributed by atoms with E-state index in [1.54, 1.807) is 0 Å². The smallest absolute Gasteiger partial charge is 0.315 e. The summed E-state index contributed by atoms with van der Waals surface area (Å²) in [6.07, 6.45) is 7.21. The van der Waals surface area contributed by atoms with Crippen molar-refractivity contribution in [2.45, 2.75) is 63.6 Å². The molecule has 0 bridgehead atoms. The predicted molar refractivity (Wildman–Crippen MR) is 115 cm³/mol. The molecule has 5 nitrogen and oxygen atoms in total. The van der Waals surface area contributed by atoms with Crippen molar-refractivity contribution < 1.29 is 4.79 Å². The van der Waals surface area contributed by atoms with Crippen molar-refractivity contribution in [2.24, 2.45) is 5.92 Å². The summed E-state index contributed by atoms with van der Waals surface area (Å²) in [5.41, 5.74) is 1.18. The van der Waals surface area contributed by atoms with Crippen molar-refractivity contribution in [3.8, 4) is 0 Å². The lowest BCUT2D eigenvalue weighted by Gasteiger charge is -2.37. The van der Waals surface area contributed by atoms with Crippen molar-refractivity contribution in [3.63, 3.8) is 0 Å². The van der Waals surface area contributed by atoms with Gasteiger partial charge < -0.3 is 20.4 Å². The maximum Gasteiger partial charge on any atom is 0.315 e. The molecule has 1 saturated heterocycles. The van der Waals surface area contributed by atoms with Gasteiger partial charge in [0.1, 0.15) is 0 Å². The topological polar surface area (TPSA) is 47.6 Å². The number of benzene rings is 1. The fraction of sp³-hybridized carbons (Fsp3) is 0.696. The Labute approximate surface area is 170 Å². The number of hydrogen-bond donors (Lipinski definition) is 2. The average Bonchev–Trinajstić information content (AvgIpc) is 2.70. The minimum Gasteiger partial charge on any atom is -0.335 e. The molecule has 0 radical (unpaired) electrons. The molecular formula is C23H38N4O. The van der Waals surface area contributed by atoms with Crippen molar-refractivity contribution in [1.29, 1.82) is 0 Å². The Balaban J connectivity index is 1.61. The summed E-state index contributed by atoms with van der Waals surface area (Å²) in [5, 5.41) is 6.53. The third kappa shape index (κ3) is 5.95. The van der Waals surface area contributed by atoms with Crippen LogP contribution in [-0.2, 0) is 0 Å². The van der Waals surface area contributed by atoms with Gasteiger partial charge in [-0.1, -0.05) is 50.1 Å². The molecule has 5 heteroatoms. The Hall–Kier alpha value is -1.59. The van der Waals surface area contributed by atoms with Crippen molar-refractivity contribution in [3.05, 3.63) is 35.9 Å². The van der Waals surface area contributed by atoms with Gasteiger partial charge in [-0.3, -0.25) is 0 Å². The number of piperidine rings is 1. The SMILES string of the molecule is C[C@@H]1CCCC[C@@H]1NC(=O)N[C@@H](CN(C)C1CCN(C)CC1)c1ccccc1. The number of hydrogen-bond acceptors (Lipinski definition) is 3. The zero-order valence-electron chi connectivity index (χ0n) is 17.9. The van der Waals surface area contributed by atoms with Gasteiger partial charge in [-0.15, -0.1) is 0 Å². The number of rotatable bonds is 6. The van der Waals surface area contributed by atoms with E-state index in [0.29, 0.717) is 18.0 Å². The first kappa shape index (κ1) is 21.1. The molecule has 1 heterocycles. The second-order valence-electron chi connectivity index (χ2n) is 8.92. The molecule has 3 rings (SSSR count). The number of nitrogens with one attached hydrogen (secondary N) is 2. The van der Waals surface area contributed by atoms with Gasteiger partial charge in [-0.2, -0.15) is 0 Å². The second kappa shape index (κ2) is 10.3. The molecule has 28 heavy (non-hydrogen) atoms. The standard InChI is InChI=1S/C23H38N4O/c1-18-9-7-8-12-21(18)24-23(28)25-22(19-10-5-4-6-11-19)17-27(3)20-13-15-26(2)16-14-20/h4-6,10-11,18,20-22H,7-9,12-17H2,1-3H3,(H2,24,25,28)/t18-,21+,22+/m1/s1. The van der Waals surface area contributed by atoms with Gasteiger partial charge in [0.05, 0.1) is 6.04 Å². The van der Waals surface area contributed by atoms with E-state index < -0.39 is 0 Å². The normalized spacial score (nSPS) is 25.4. The molecule has 2 aliphatic rings. The van der Waals surface area contributed by atoms with Crippen molar-refractivity contribution in [1.82, 2.24) is 20.4 Å². The first-order valence-electron chi connectivity index (χ1n) is 11.0. The summed E-state index contributed by atoms with van der Waals surface area (Å²) >= 11 is 0. The van der Waals surface area contributed by atoms with Crippen molar-refractivity contribution >= 4 is 6.03 Å². The molecule has 2 amide bonds. The third-order valence-electron chi connectivity index (χ3n) is 6.72. The number of nitrogens with zero attached hydrogens (tertiary/aromatic N) is 2. The molecule has 1 saturated carbocycles. The number of carbonyl (C=O) groups is 1. The monoisotopic (exact) mass is 386 g/mol. The fourth-order valence-corrected chi connectivity index (χ4v) is 4.69. The predicted octanol–water partition coefficient (Wildman–Crippen LogP) is 3.63. The third-order valence-corrected chi connectivity index (χ3v) is 6.72. The largest absolute Gasteiger partial charge is 0.335 e. The van der Waals surface area contributed by atoms with E-state index in [1.807, 2.05) is 6.07 Å². The number of amides is 2. The molecule has 0 aromatic heterocycles. The van der Waals surface area contributed by atoms with Gasteiger partial charge in [0.25, 0.3) is 0 Å². The Morgan fingerprint density at radius 3 is 2.50 bits per heavy atom. The Morgan fingerprint density at radius 1 is 1.14 bits per heavy atom. The maximum atomic E-state index is 12.8. The van der Waals surface area contributed by atoms with E-state index in [4.69, 9.17) is 0 Å². The highest BCUT2D eigenvalue weighted by molar-refractivity contribution is 5.74. The van der Waals surface area contributed by atoms with Crippen LogP contribution in [0.5, 0.6) is 0 Å². The molecule has 3 atom stereocenters. The number of likely N-dealkylation sites (N-methyl/N-ethyl adjacent to an activating group) is 1. The van der Waals surface area contributed by atoms with Crippen molar-refractivity contribution in [2.75, 3.05) is 33.7 Å². The van der Waals surface area contributed by atoms with E-state index >= 15 is 0 Å². The highest BCUT2D eigenvalue weighted by Crippen LogP contribution is 2.24. The van der Waals surface area contributed by atoms with E-state index in [9.17, 15) is 4.79 Å². The van der Waals surface area contributed by atoms with Gasteiger partial charge >= 0.3 is 6.03 Å². The lowest BCUT2D eigenvalue weighted by Crippen LogP contribution is -2.50. The van der Waals surface area contributed by atoms with Crippen LogP contribution >= 0.6 is 0 Å². The summed E-state index contributed by atoms with van der Waals surface area (Å²) < 4.78 is 0. The first-order valence-corrected chi connectivity index (χ1v) is 11.0. The lowest BCUT2D eigenvalue weighted by atomic mass is 9.86. The number of urea groups is 1. The van der Waals surface area contributed by atoms with E-state index in [2.05, 4.69) is 65.7 Å². The van der Waals surface area contributed by atoms with Crippen LogP contribution in [0.4, 0.5) is 4.79 Å². The molecule has 1 aromatic carbocycles. The van der Waals surface area contributed by atoms with Crippen LogP contribution in [0.1, 0.15) is 57.1 Å². The molecule has 0 spiro atoms. The molecule has 1 aliphatic heterocycles. The number of carbonyl (C=O) groups excluding carboxylic acids is 1. The fourth-order valence-electron chi connectivity index (χ4n) is 4.69. The highest BCUT2D eigenvalue weighted by atomic mass is 16.2. The van der Waals surface area contributed by atoms with E-state index in [-0.39, 0.29) is 12.1 Å². The van der Waals surface area contributed by atoms with Crippen LogP contribution in [-0.4, -0.2) is 61.6 Å². The van der Waals surface area contributed by atoms with Crippen LogP contribution in [0.3, 0.4) is 0 Å². The second-order valence-corrected chi connectivity index (χ2v) is 8.92. The van der Waals surface area contributed by atoms with Crippen LogP contribution < -0.4 is 10.6 Å². The molecule has 0 unspecified atom stereocenters. The summed E-state index contributed by atoms with van der Waals surface area (Å²) in [4.78, 5) is 17.6.